The Morgan fingerprint density at radius 1 is 0.783 bits per heavy atom. The molecule has 1 rings (SSSR count). The fraction of sp³-hybridized carbons (Fsp3) is 1.00. The third kappa shape index (κ3) is 5.44. The van der Waals surface area contributed by atoms with Gasteiger partial charge in [-0.3, -0.25) is 8.37 Å². The summed E-state index contributed by atoms with van der Waals surface area (Å²) in [5.74, 6) is 0. The van der Waals surface area contributed by atoms with Crippen LogP contribution in [0.3, 0.4) is 0 Å². The second kappa shape index (κ2) is 6.70. The average Bonchev–Trinajstić information content (AvgIpc) is 2.79. The minimum Gasteiger partial charge on any atom is -0.370 e. The molecule has 1 saturated heterocycles. The highest BCUT2D eigenvalue weighted by molar-refractivity contribution is 7.87. The van der Waals surface area contributed by atoms with Gasteiger partial charge in [0.15, 0.2) is 0 Å². The number of rotatable bonds is 6. The Kier molecular flexibility index (Phi) is 5.94. The maximum Gasteiger partial charge on any atom is 0.523 e. The fourth-order valence-electron chi connectivity index (χ4n) is 1.49. The maximum absolute atomic E-state index is 12.0. The second-order valence-electron chi connectivity index (χ2n) is 4.33. The van der Waals surface area contributed by atoms with E-state index >= 15 is 0 Å². The van der Waals surface area contributed by atoms with Crippen LogP contribution in [0.25, 0.3) is 0 Å². The molecule has 0 radical (unpaired) electrons. The molecule has 138 valence electrons. The van der Waals surface area contributed by atoms with Gasteiger partial charge in [0.2, 0.25) is 0 Å². The molecule has 1 aliphatic rings. The Hall–Kier alpha value is -0.640. The normalized spacial score (nSPS) is 24.1. The fourth-order valence-corrected chi connectivity index (χ4v) is 2.42. The number of halogens is 6. The van der Waals surface area contributed by atoms with E-state index in [9.17, 15) is 43.2 Å². The summed E-state index contributed by atoms with van der Waals surface area (Å²) in [5, 5.41) is 0. The zero-order chi connectivity index (χ0) is 18.1. The average molecular weight is 396 g/mol. The molecule has 0 aromatic carbocycles. The highest BCUT2D eigenvalue weighted by atomic mass is 32.2. The first kappa shape index (κ1) is 20.4. The van der Waals surface area contributed by atoms with Gasteiger partial charge in [-0.1, -0.05) is 0 Å². The van der Waals surface area contributed by atoms with E-state index in [2.05, 4.69) is 8.37 Å². The smallest absolute Gasteiger partial charge is 0.370 e. The van der Waals surface area contributed by atoms with Crippen molar-refractivity contribution in [3.63, 3.8) is 0 Å². The number of hydrogen-bond donors (Lipinski definition) is 0. The van der Waals surface area contributed by atoms with Gasteiger partial charge in [0.05, 0.1) is 25.4 Å². The summed E-state index contributed by atoms with van der Waals surface area (Å²) >= 11 is 0. The highest BCUT2D eigenvalue weighted by Gasteiger charge is 2.49. The van der Waals surface area contributed by atoms with Crippen molar-refractivity contribution in [3.05, 3.63) is 0 Å². The van der Waals surface area contributed by atoms with Crippen LogP contribution in [-0.2, 0) is 33.3 Å². The molecule has 1 fully saturated rings. The van der Waals surface area contributed by atoms with Crippen LogP contribution in [0.1, 0.15) is 12.8 Å². The first-order chi connectivity index (χ1) is 10.2. The van der Waals surface area contributed by atoms with Gasteiger partial charge in [0, 0.05) is 0 Å². The molecule has 0 saturated carbocycles. The lowest BCUT2D eigenvalue weighted by Gasteiger charge is -2.15. The van der Waals surface area contributed by atoms with Crippen LogP contribution in [0.2, 0.25) is 0 Å². The van der Waals surface area contributed by atoms with E-state index in [0.29, 0.717) is 0 Å². The first-order valence-electron chi connectivity index (χ1n) is 5.72. The molecule has 23 heavy (non-hydrogen) atoms. The molecule has 1 aliphatic heterocycles. The molecule has 7 nitrogen and oxygen atoms in total. The minimum atomic E-state index is -5.81. The van der Waals surface area contributed by atoms with Gasteiger partial charge in [-0.25, -0.2) is 0 Å². The molecule has 2 atom stereocenters. The predicted molar refractivity (Wildman–Crippen MR) is 59.7 cm³/mol. The summed E-state index contributed by atoms with van der Waals surface area (Å²) in [6.45, 7) is -2.02. The SMILES string of the molecule is O=S(=O)(OC[C@H]1CC[C@@H](COS(=O)(=O)C(F)(F)F)O1)C(F)(F)F. The third-order valence-electron chi connectivity index (χ3n) is 2.58. The number of ether oxygens (including phenoxy) is 1. The summed E-state index contributed by atoms with van der Waals surface area (Å²) in [6.07, 6.45) is -2.41. The summed E-state index contributed by atoms with van der Waals surface area (Å²) in [5.41, 5.74) is -11.2. The van der Waals surface area contributed by atoms with E-state index in [1.165, 1.54) is 0 Å². The molecule has 0 amide bonds. The van der Waals surface area contributed by atoms with Crippen LogP contribution < -0.4 is 0 Å². The van der Waals surface area contributed by atoms with Gasteiger partial charge in [-0.15, -0.1) is 0 Å². The largest absolute Gasteiger partial charge is 0.523 e. The maximum atomic E-state index is 12.0. The molecule has 0 bridgehead atoms. The van der Waals surface area contributed by atoms with Crippen molar-refractivity contribution in [1.82, 2.24) is 0 Å². The molecule has 1 heterocycles. The van der Waals surface area contributed by atoms with E-state index in [-0.39, 0.29) is 12.8 Å². The topological polar surface area (TPSA) is 96.0 Å². The van der Waals surface area contributed by atoms with Gasteiger partial charge in [-0.2, -0.15) is 43.2 Å². The monoisotopic (exact) mass is 396 g/mol. The van der Waals surface area contributed by atoms with Crippen molar-refractivity contribution in [3.8, 4) is 0 Å². The first-order valence-corrected chi connectivity index (χ1v) is 8.54. The molecule has 0 spiro atoms. The summed E-state index contributed by atoms with van der Waals surface area (Å²) in [7, 11) is -11.6. The van der Waals surface area contributed by atoms with E-state index in [0.717, 1.165) is 0 Å². The van der Waals surface area contributed by atoms with E-state index in [1.54, 1.807) is 0 Å². The van der Waals surface area contributed by atoms with Gasteiger partial charge >= 0.3 is 31.3 Å². The van der Waals surface area contributed by atoms with Crippen molar-refractivity contribution >= 4 is 20.2 Å². The van der Waals surface area contributed by atoms with Crippen molar-refractivity contribution in [2.24, 2.45) is 0 Å². The van der Waals surface area contributed by atoms with E-state index in [4.69, 9.17) is 4.74 Å². The quantitative estimate of drug-likeness (QED) is 0.379. The number of hydrogen-bond acceptors (Lipinski definition) is 7. The molecule has 0 unspecified atom stereocenters. The molecule has 0 aromatic heterocycles. The molecular weight excluding hydrogens is 386 g/mol. The van der Waals surface area contributed by atoms with Crippen LogP contribution in [0.15, 0.2) is 0 Å². The van der Waals surface area contributed by atoms with Crippen LogP contribution in [0.5, 0.6) is 0 Å². The van der Waals surface area contributed by atoms with Gasteiger partial charge in [-0.05, 0) is 12.8 Å². The Labute approximate surface area is 126 Å². The molecule has 0 aliphatic carbocycles. The van der Waals surface area contributed by atoms with Crippen LogP contribution in [0, 0.1) is 0 Å². The van der Waals surface area contributed by atoms with Crippen LogP contribution in [0.4, 0.5) is 26.3 Å². The van der Waals surface area contributed by atoms with E-state index < -0.39 is 56.7 Å². The van der Waals surface area contributed by atoms with Crippen LogP contribution >= 0.6 is 0 Å². The molecular formula is C8H10F6O7S2. The minimum absolute atomic E-state index is 0.0481. The lowest BCUT2D eigenvalue weighted by Crippen LogP contribution is -2.31. The van der Waals surface area contributed by atoms with Crippen molar-refractivity contribution in [1.29, 1.82) is 0 Å². The number of alkyl halides is 6. The van der Waals surface area contributed by atoms with Gasteiger partial charge in [0.25, 0.3) is 0 Å². The Balaban J connectivity index is 2.46. The van der Waals surface area contributed by atoms with Gasteiger partial charge in [0.1, 0.15) is 0 Å². The van der Waals surface area contributed by atoms with Crippen molar-refractivity contribution in [2.45, 2.75) is 36.1 Å². The zero-order valence-corrected chi connectivity index (χ0v) is 12.6. The summed E-state index contributed by atoms with van der Waals surface area (Å²) in [4.78, 5) is 0. The zero-order valence-electron chi connectivity index (χ0n) is 10.9. The summed E-state index contributed by atoms with van der Waals surface area (Å²) in [6, 6.07) is 0. The van der Waals surface area contributed by atoms with Crippen LogP contribution in [-0.4, -0.2) is 53.3 Å². The third-order valence-corrected chi connectivity index (χ3v) is 4.61. The molecule has 0 N–H and O–H groups in total. The Morgan fingerprint density at radius 2 is 1.09 bits per heavy atom. The Bertz CT molecular complexity index is 554. The summed E-state index contributed by atoms with van der Waals surface area (Å²) < 4.78 is 127. The second-order valence-corrected chi connectivity index (χ2v) is 7.54. The predicted octanol–water partition coefficient (Wildman–Crippen LogP) is 1.27. The molecule has 0 aromatic rings. The van der Waals surface area contributed by atoms with Gasteiger partial charge < -0.3 is 4.74 Å². The van der Waals surface area contributed by atoms with E-state index in [1.807, 2.05) is 0 Å². The van der Waals surface area contributed by atoms with Crippen molar-refractivity contribution < 1.29 is 56.3 Å². The molecule has 15 heteroatoms. The standard InChI is InChI=1S/C8H10F6O7S2/c9-7(10,11)22(15,16)19-3-5-1-2-6(21-5)4-20-23(17,18)8(12,13)14/h5-6H,1-4H2/t5-,6+. The lowest BCUT2D eigenvalue weighted by molar-refractivity contribution is -0.0629. The highest BCUT2D eigenvalue weighted by Crippen LogP contribution is 2.28. The Morgan fingerprint density at radius 3 is 1.35 bits per heavy atom. The van der Waals surface area contributed by atoms with Crippen molar-refractivity contribution in [2.75, 3.05) is 13.2 Å². The lowest BCUT2D eigenvalue weighted by atomic mass is 10.2.